The minimum atomic E-state index is -2.69. The molecular formula is C6H12F2O. The van der Waals surface area contributed by atoms with Crippen LogP contribution in [0.4, 0.5) is 8.78 Å². The van der Waals surface area contributed by atoms with Gasteiger partial charge in [-0.2, -0.15) is 0 Å². The van der Waals surface area contributed by atoms with Crippen LogP contribution in [0.1, 0.15) is 26.7 Å². The summed E-state index contributed by atoms with van der Waals surface area (Å²) >= 11 is 0. The van der Waals surface area contributed by atoms with Crippen molar-refractivity contribution in [3.05, 3.63) is 0 Å². The molecule has 0 saturated carbocycles. The molecule has 0 rings (SSSR count). The van der Waals surface area contributed by atoms with Crippen LogP contribution in [-0.2, 0) is 0 Å². The lowest BCUT2D eigenvalue weighted by atomic mass is 10.1. The highest BCUT2D eigenvalue weighted by Crippen LogP contribution is 2.23. The lowest BCUT2D eigenvalue weighted by Crippen LogP contribution is -2.20. The number of alkyl halides is 2. The summed E-state index contributed by atoms with van der Waals surface area (Å²) in [4.78, 5) is 0. The number of halogens is 2. The van der Waals surface area contributed by atoms with Crippen LogP contribution >= 0.6 is 0 Å². The van der Waals surface area contributed by atoms with Gasteiger partial charge in [-0.15, -0.1) is 0 Å². The summed E-state index contributed by atoms with van der Waals surface area (Å²) in [5.41, 5.74) is 0. The highest BCUT2D eigenvalue weighted by Gasteiger charge is 2.27. The van der Waals surface area contributed by atoms with E-state index in [4.69, 9.17) is 5.11 Å². The Kier molecular flexibility index (Phi) is 3.04. The fourth-order valence-corrected chi connectivity index (χ4v) is 0.577. The molecule has 0 heterocycles. The topological polar surface area (TPSA) is 20.2 Å². The molecule has 0 spiro atoms. The number of aliphatic hydroxyl groups is 1. The van der Waals surface area contributed by atoms with Gasteiger partial charge in [-0.1, -0.05) is 6.92 Å². The summed E-state index contributed by atoms with van der Waals surface area (Å²) in [6.45, 7) is 2.77. The van der Waals surface area contributed by atoms with Crippen molar-refractivity contribution >= 4 is 0 Å². The minimum absolute atomic E-state index is 0.197. The predicted molar refractivity (Wildman–Crippen MR) is 31.5 cm³/mol. The standard InChI is InChI=1S/C6H12F2O/c1-3-6(7,8)4-5(2)9/h5,9H,3-4H2,1-2H3/t5-/m1/s1. The van der Waals surface area contributed by atoms with E-state index in [-0.39, 0.29) is 6.42 Å². The van der Waals surface area contributed by atoms with Gasteiger partial charge >= 0.3 is 0 Å². The van der Waals surface area contributed by atoms with Gasteiger partial charge in [0.25, 0.3) is 0 Å². The maximum atomic E-state index is 12.2. The summed E-state index contributed by atoms with van der Waals surface area (Å²) in [5.74, 6) is -2.69. The largest absolute Gasteiger partial charge is 0.393 e. The molecule has 0 radical (unpaired) electrons. The van der Waals surface area contributed by atoms with Crippen LogP contribution in [0.15, 0.2) is 0 Å². The van der Waals surface area contributed by atoms with Crippen LogP contribution in [0, 0.1) is 0 Å². The molecular weight excluding hydrogens is 126 g/mol. The Bertz CT molecular complexity index is 81.1. The van der Waals surface area contributed by atoms with E-state index in [2.05, 4.69) is 0 Å². The van der Waals surface area contributed by atoms with Gasteiger partial charge in [0.2, 0.25) is 5.92 Å². The number of rotatable bonds is 3. The zero-order chi connectivity index (χ0) is 7.49. The van der Waals surface area contributed by atoms with Gasteiger partial charge in [-0.3, -0.25) is 0 Å². The second-order valence-corrected chi connectivity index (χ2v) is 2.26. The Morgan fingerprint density at radius 1 is 1.56 bits per heavy atom. The van der Waals surface area contributed by atoms with E-state index < -0.39 is 18.4 Å². The average Bonchev–Trinajstić information content (AvgIpc) is 1.63. The minimum Gasteiger partial charge on any atom is -0.393 e. The molecule has 1 N–H and O–H groups in total. The Morgan fingerprint density at radius 2 is 2.00 bits per heavy atom. The van der Waals surface area contributed by atoms with Crippen LogP contribution in [0.3, 0.4) is 0 Å². The fraction of sp³-hybridized carbons (Fsp3) is 1.00. The summed E-state index contributed by atoms with van der Waals surface area (Å²) < 4.78 is 24.5. The van der Waals surface area contributed by atoms with Gasteiger partial charge in [-0.25, -0.2) is 8.78 Å². The molecule has 0 aromatic heterocycles. The summed E-state index contributed by atoms with van der Waals surface area (Å²) in [6.07, 6.45) is -1.53. The normalized spacial score (nSPS) is 15.7. The maximum Gasteiger partial charge on any atom is 0.250 e. The van der Waals surface area contributed by atoms with Crippen molar-refractivity contribution in [2.24, 2.45) is 0 Å². The molecule has 0 fully saturated rings. The molecule has 0 unspecified atom stereocenters. The van der Waals surface area contributed by atoms with Gasteiger partial charge in [-0.05, 0) is 6.92 Å². The molecule has 1 nitrogen and oxygen atoms in total. The maximum absolute atomic E-state index is 12.2. The Morgan fingerprint density at radius 3 is 2.11 bits per heavy atom. The van der Waals surface area contributed by atoms with Crippen molar-refractivity contribution in [2.75, 3.05) is 0 Å². The number of hydrogen-bond donors (Lipinski definition) is 1. The number of hydrogen-bond acceptors (Lipinski definition) is 1. The molecule has 0 bridgehead atoms. The fourth-order valence-electron chi connectivity index (χ4n) is 0.577. The molecule has 0 aliphatic carbocycles. The van der Waals surface area contributed by atoms with E-state index in [1.54, 1.807) is 0 Å². The molecule has 3 heteroatoms. The van der Waals surface area contributed by atoms with Crippen LogP contribution in [-0.4, -0.2) is 17.1 Å². The first-order valence-corrected chi connectivity index (χ1v) is 3.04. The predicted octanol–water partition coefficient (Wildman–Crippen LogP) is 1.80. The van der Waals surface area contributed by atoms with Gasteiger partial charge < -0.3 is 5.11 Å². The quantitative estimate of drug-likeness (QED) is 0.630. The van der Waals surface area contributed by atoms with E-state index in [0.717, 1.165) is 0 Å². The average molecular weight is 138 g/mol. The second-order valence-electron chi connectivity index (χ2n) is 2.26. The van der Waals surface area contributed by atoms with Gasteiger partial charge in [0.15, 0.2) is 0 Å². The van der Waals surface area contributed by atoms with Gasteiger partial charge in [0.05, 0.1) is 6.10 Å². The molecule has 0 aromatic carbocycles. The van der Waals surface area contributed by atoms with Crippen LogP contribution in [0.5, 0.6) is 0 Å². The molecule has 0 saturated heterocycles. The lowest BCUT2D eigenvalue weighted by Gasteiger charge is -2.14. The van der Waals surface area contributed by atoms with E-state index in [1.807, 2.05) is 0 Å². The zero-order valence-electron chi connectivity index (χ0n) is 5.69. The third-order valence-electron chi connectivity index (χ3n) is 1.11. The smallest absolute Gasteiger partial charge is 0.250 e. The van der Waals surface area contributed by atoms with Crippen molar-refractivity contribution in [3.8, 4) is 0 Å². The van der Waals surface area contributed by atoms with Gasteiger partial charge in [0, 0.05) is 12.8 Å². The SMILES string of the molecule is CCC(F)(F)C[C@@H](C)O. The molecule has 0 aromatic rings. The summed E-state index contributed by atoms with van der Waals surface area (Å²) in [6, 6.07) is 0. The third kappa shape index (κ3) is 4.33. The van der Waals surface area contributed by atoms with Crippen molar-refractivity contribution in [1.82, 2.24) is 0 Å². The van der Waals surface area contributed by atoms with Crippen molar-refractivity contribution in [3.63, 3.8) is 0 Å². The monoisotopic (exact) mass is 138 g/mol. The van der Waals surface area contributed by atoms with E-state index in [1.165, 1.54) is 13.8 Å². The molecule has 9 heavy (non-hydrogen) atoms. The Labute approximate surface area is 53.7 Å². The summed E-state index contributed by atoms with van der Waals surface area (Å²) in [5, 5.41) is 8.54. The zero-order valence-corrected chi connectivity index (χ0v) is 5.69. The molecule has 0 amide bonds. The van der Waals surface area contributed by atoms with E-state index in [9.17, 15) is 8.78 Å². The highest BCUT2D eigenvalue weighted by molar-refractivity contribution is 4.66. The van der Waals surface area contributed by atoms with E-state index in [0.29, 0.717) is 0 Å². The Hall–Kier alpha value is -0.180. The molecule has 0 aliphatic rings. The van der Waals surface area contributed by atoms with Crippen LogP contribution in [0.2, 0.25) is 0 Å². The highest BCUT2D eigenvalue weighted by atomic mass is 19.3. The first-order chi connectivity index (χ1) is 3.98. The Balaban J connectivity index is 3.58. The summed E-state index contributed by atoms with van der Waals surface area (Å²) in [7, 11) is 0. The van der Waals surface area contributed by atoms with Crippen LogP contribution < -0.4 is 0 Å². The molecule has 0 aliphatic heterocycles. The second kappa shape index (κ2) is 3.11. The molecule has 1 atom stereocenters. The van der Waals surface area contributed by atoms with Crippen molar-refractivity contribution in [1.29, 1.82) is 0 Å². The first kappa shape index (κ1) is 8.82. The van der Waals surface area contributed by atoms with Crippen LogP contribution in [0.25, 0.3) is 0 Å². The van der Waals surface area contributed by atoms with Gasteiger partial charge in [0.1, 0.15) is 0 Å². The van der Waals surface area contributed by atoms with E-state index >= 15 is 0 Å². The van der Waals surface area contributed by atoms with Crippen molar-refractivity contribution < 1.29 is 13.9 Å². The lowest BCUT2D eigenvalue weighted by molar-refractivity contribution is -0.0427. The number of aliphatic hydroxyl groups excluding tert-OH is 1. The van der Waals surface area contributed by atoms with Crippen molar-refractivity contribution in [2.45, 2.75) is 38.7 Å². The first-order valence-electron chi connectivity index (χ1n) is 3.04. The molecule has 56 valence electrons. The third-order valence-corrected chi connectivity index (χ3v) is 1.11.